The maximum Gasteiger partial charge on any atom is 0.222 e. The van der Waals surface area contributed by atoms with E-state index in [1.165, 1.54) is 32.1 Å². The Bertz CT molecular complexity index is 183. The van der Waals surface area contributed by atoms with Gasteiger partial charge in [-0.1, -0.05) is 33.1 Å². The molecule has 0 aromatic carbocycles. The fourth-order valence-corrected chi connectivity index (χ4v) is 2.12. The Hall–Kier alpha value is -0.530. The molecule has 0 saturated carbocycles. The van der Waals surface area contributed by atoms with E-state index in [9.17, 15) is 4.79 Å². The number of likely N-dealkylation sites (tertiary alicyclic amines) is 1. The van der Waals surface area contributed by atoms with Crippen molar-refractivity contribution in [3.05, 3.63) is 0 Å². The molecule has 1 saturated heterocycles. The van der Waals surface area contributed by atoms with Gasteiger partial charge >= 0.3 is 0 Å². The van der Waals surface area contributed by atoms with Gasteiger partial charge in [0, 0.05) is 19.5 Å². The van der Waals surface area contributed by atoms with Crippen molar-refractivity contribution in [3.63, 3.8) is 0 Å². The van der Waals surface area contributed by atoms with Crippen LogP contribution in [0.3, 0.4) is 0 Å². The summed E-state index contributed by atoms with van der Waals surface area (Å²) in [5.41, 5.74) is 0. The number of hydrogen-bond donors (Lipinski definition) is 0. The summed E-state index contributed by atoms with van der Waals surface area (Å²) < 4.78 is 0. The highest BCUT2D eigenvalue weighted by molar-refractivity contribution is 5.76. The van der Waals surface area contributed by atoms with Gasteiger partial charge in [-0.25, -0.2) is 0 Å². The third-order valence-corrected chi connectivity index (χ3v) is 3.38. The average Bonchev–Trinajstić information content (AvgIpc) is 2.25. The lowest BCUT2D eigenvalue weighted by atomic mass is 9.99. The Kier molecular flexibility index (Phi) is 5.74. The van der Waals surface area contributed by atoms with Gasteiger partial charge in [-0.2, -0.15) is 0 Å². The van der Waals surface area contributed by atoms with E-state index in [4.69, 9.17) is 0 Å². The van der Waals surface area contributed by atoms with Gasteiger partial charge in [0.2, 0.25) is 5.91 Å². The number of carbonyl (C=O) groups excluding carboxylic acids is 1. The summed E-state index contributed by atoms with van der Waals surface area (Å²) in [6.07, 6.45) is 7.97. The first-order valence-electron chi connectivity index (χ1n) is 6.51. The number of amides is 1. The molecule has 2 nitrogen and oxygen atoms in total. The largest absolute Gasteiger partial charge is 0.343 e. The Morgan fingerprint density at radius 2 is 1.87 bits per heavy atom. The van der Waals surface area contributed by atoms with Crippen molar-refractivity contribution in [2.24, 2.45) is 5.92 Å². The second-order valence-electron chi connectivity index (χ2n) is 4.87. The van der Waals surface area contributed by atoms with E-state index in [1.54, 1.807) is 0 Å². The number of carbonyl (C=O) groups is 1. The minimum Gasteiger partial charge on any atom is -0.343 e. The SMILES string of the molecule is CCCCCCC(=O)N1CCC(C)CC1. The summed E-state index contributed by atoms with van der Waals surface area (Å²) in [6.45, 7) is 6.47. The quantitative estimate of drug-likeness (QED) is 0.639. The zero-order valence-corrected chi connectivity index (χ0v) is 10.3. The van der Waals surface area contributed by atoms with Crippen LogP contribution in [0.5, 0.6) is 0 Å². The Morgan fingerprint density at radius 1 is 1.20 bits per heavy atom. The van der Waals surface area contributed by atoms with Crippen LogP contribution in [0.1, 0.15) is 58.8 Å². The summed E-state index contributed by atoms with van der Waals surface area (Å²) in [6, 6.07) is 0. The molecule has 15 heavy (non-hydrogen) atoms. The highest BCUT2D eigenvalue weighted by Gasteiger charge is 2.19. The molecule has 0 bridgehead atoms. The number of hydrogen-bond acceptors (Lipinski definition) is 1. The second kappa shape index (κ2) is 6.86. The van der Waals surface area contributed by atoms with Crippen LogP contribution >= 0.6 is 0 Å². The van der Waals surface area contributed by atoms with Crippen molar-refractivity contribution in [2.45, 2.75) is 58.8 Å². The van der Waals surface area contributed by atoms with Gasteiger partial charge in [-0.05, 0) is 25.2 Å². The molecule has 0 unspecified atom stereocenters. The standard InChI is InChI=1S/C13H25NO/c1-3-4-5-6-7-13(15)14-10-8-12(2)9-11-14/h12H,3-11H2,1-2H3. The Labute approximate surface area is 94.0 Å². The molecule has 88 valence electrons. The smallest absolute Gasteiger partial charge is 0.222 e. The molecule has 0 atom stereocenters. The van der Waals surface area contributed by atoms with Gasteiger partial charge in [0.05, 0.1) is 0 Å². The lowest BCUT2D eigenvalue weighted by Crippen LogP contribution is -2.37. The number of rotatable bonds is 5. The maximum absolute atomic E-state index is 11.8. The lowest BCUT2D eigenvalue weighted by molar-refractivity contribution is -0.132. The van der Waals surface area contributed by atoms with Gasteiger partial charge in [0.25, 0.3) is 0 Å². The highest BCUT2D eigenvalue weighted by atomic mass is 16.2. The molecule has 1 amide bonds. The number of piperidine rings is 1. The van der Waals surface area contributed by atoms with Crippen molar-refractivity contribution in [1.29, 1.82) is 0 Å². The lowest BCUT2D eigenvalue weighted by Gasteiger charge is -2.30. The first-order chi connectivity index (χ1) is 7.24. The first-order valence-corrected chi connectivity index (χ1v) is 6.51. The van der Waals surface area contributed by atoms with Crippen LogP contribution in [0.2, 0.25) is 0 Å². The Balaban J connectivity index is 2.11. The van der Waals surface area contributed by atoms with Crippen molar-refractivity contribution >= 4 is 5.91 Å². The molecule has 0 spiro atoms. The highest BCUT2D eigenvalue weighted by Crippen LogP contribution is 2.17. The fourth-order valence-electron chi connectivity index (χ4n) is 2.12. The van der Waals surface area contributed by atoms with Gasteiger partial charge in [-0.3, -0.25) is 4.79 Å². The van der Waals surface area contributed by atoms with Gasteiger partial charge in [-0.15, -0.1) is 0 Å². The molecule has 1 aliphatic heterocycles. The molecule has 0 radical (unpaired) electrons. The van der Waals surface area contributed by atoms with Crippen molar-refractivity contribution < 1.29 is 4.79 Å². The minimum absolute atomic E-state index is 0.387. The predicted molar refractivity (Wildman–Crippen MR) is 63.7 cm³/mol. The van der Waals surface area contributed by atoms with E-state index in [0.717, 1.165) is 31.8 Å². The fraction of sp³-hybridized carbons (Fsp3) is 0.923. The van der Waals surface area contributed by atoms with Gasteiger partial charge in [0.15, 0.2) is 0 Å². The van der Waals surface area contributed by atoms with E-state index in [1.807, 2.05) is 0 Å². The zero-order valence-electron chi connectivity index (χ0n) is 10.3. The first kappa shape index (κ1) is 12.5. The molecule has 0 aromatic heterocycles. The summed E-state index contributed by atoms with van der Waals surface area (Å²) in [4.78, 5) is 13.9. The molecule has 0 aromatic rings. The van der Waals surface area contributed by atoms with E-state index in [0.29, 0.717) is 5.91 Å². The molecule has 1 aliphatic rings. The molecule has 0 N–H and O–H groups in total. The van der Waals surface area contributed by atoms with Crippen LogP contribution in [0.15, 0.2) is 0 Å². The molecule has 1 fully saturated rings. The van der Waals surface area contributed by atoms with Crippen LogP contribution in [-0.2, 0) is 4.79 Å². The summed E-state index contributed by atoms with van der Waals surface area (Å²) in [7, 11) is 0. The number of nitrogens with zero attached hydrogens (tertiary/aromatic N) is 1. The van der Waals surface area contributed by atoms with Crippen molar-refractivity contribution in [3.8, 4) is 0 Å². The summed E-state index contributed by atoms with van der Waals surface area (Å²) in [5, 5.41) is 0. The van der Waals surface area contributed by atoms with E-state index >= 15 is 0 Å². The van der Waals surface area contributed by atoms with Crippen LogP contribution in [-0.4, -0.2) is 23.9 Å². The zero-order chi connectivity index (χ0) is 11.1. The second-order valence-corrected chi connectivity index (χ2v) is 4.87. The maximum atomic E-state index is 11.8. The third-order valence-electron chi connectivity index (χ3n) is 3.38. The van der Waals surface area contributed by atoms with Crippen LogP contribution in [0, 0.1) is 5.92 Å². The minimum atomic E-state index is 0.387. The van der Waals surface area contributed by atoms with Crippen molar-refractivity contribution in [1.82, 2.24) is 4.90 Å². The number of unbranched alkanes of at least 4 members (excludes halogenated alkanes) is 3. The van der Waals surface area contributed by atoms with Crippen LogP contribution in [0.25, 0.3) is 0 Å². The third kappa shape index (κ3) is 4.67. The normalized spacial score (nSPS) is 18.1. The van der Waals surface area contributed by atoms with E-state index in [-0.39, 0.29) is 0 Å². The van der Waals surface area contributed by atoms with Gasteiger partial charge < -0.3 is 4.90 Å². The Morgan fingerprint density at radius 3 is 2.47 bits per heavy atom. The van der Waals surface area contributed by atoms with Crippen LogP contribution in [0.4, 0.5) is 0 Å². The topological polar surface area (TPSA) is 20.3 Å². The molecular formula is C13H25NO. The van der Waals surface area contributed by atoms with E-state index < -0.39 is 0 Å². The monoisotopic (exact) mass is 211 g/mol. The van der Waals surface area contributed by atoms with E-state index in [2.05, 4.69) is 18.7 Å². The average molecular weight is 211 g/mol. The molecular weight excluding hydrogens is 186 g/mol. The molecule has 1 rings (SSSR count). The summed E-state index contributed by atoms with van der Waals surface area (Å²) in [5.74, 6) is 1.20. The predicted octanol–water partition coefficient (Wildman–Crippen LogP) is 3.22. The molecule has 1 heterocycles. The molecule has 2 heteroatoms. The van der Waals surface area contributed by atoms with Crippen LogP contribution < -0.4 is 0 Å². The van der Waals surface area contributed by atoms with Gasteiger partial charge in [0.1, 0.15) is 0 Å². The summed E-state index contributed by atoms with van der Waals surface area (Å²) >= 11 is 0. The molecule has 0 aliphatic carbocycles. The van der Waals surface area contributed by atoms with Crippen molar-refractivity contribution in [2.75, 3.05) is 13.1 Å².